The smallest absolute Gasteiger partial charge is 0.241 e. The number of rotatable bonds is 6. The minimum Gasteiger partial charge on any atom is -0.367 e. The quantitative estimate of drug-likeness (QED) is 0.830. The summed E-state index contributed by atoms with van der Waals surface area (Å²) in [5, 5.41) is 8.43. The lowest BCUT2D eigenvalue weighted by Gasteiger charge is -2.35. The molecule has 1 aromatic heterocycles. The summed E-state index contributed by atoms with van der Waals surface area (Å²) in [4.78, 5) is 6.40. The predicted molar refractivity (Wildman–Crippen MR) is 88.1 cm³/mol. The number of nitrogens with two attached hydrogens (primary N) is 1. The first-order valence-corrected chi connectivity index (χ1v) is 9.32. The van der Waals surface area contributed by atoms with Crippen LogP contribution in [-0.4, -0.2) is 45.0 Å². The van der Waals surface area contributed by atoms with Crippen LogP contribution < -0.4 is 10.5 Å². The van der Waals surface area contributed by atoms with Gasteiger partial charge in [0, 0.05) is 18.8 Å². The Hall–Kier alpha value is -1.18. The molecule has 0 radical (unpaired) electrons. The van der Waals surface area contributed by atoms with E-state index in [0.29, 0.717) is 24.3 Å². The van der Waals surface area contributed by atoms with Gasteiger partial charge in [0.1, 0.15) is 10.7 Å². The fourth-order valence-electron chi connectivity index (χ4n) is 3.24. The minimum absolute atomic E-state index is 0.0520. The van der Waals surface area contributed by atoms with Gasteiger partial charge in [0.05, 0.1) is 0 Å². The first kappa shape index (κ1) is 17.2. The van der Waals surface area contributed by atoms with Crippen LogP contribution in [0.3, 0.4) is 0 Å². The van der Waals surface area contributed by atoms with Crippen molar-refractivity contribution in [2.75, 3.05) is 26.0 Å². The zero-order valence-corrected chi connectivity index (χ0v) is 14.1. The standard InChI is InChI=1S/C15H26N4O2S/c1-19(2)13(12-7-4-3-5-8-12)11-18-15-14(22(16,20)21)9-6-10-17-15/h6,9-10,12-13H,3-5,7-8,11H2,1-2H3,(H,17,18)(H2,16,20,21). The van der Waals surface area contributed by atoms with Crippen LogP contribution in [0.25, 0.3) is 0 Å². The molecule has 6 nitrogen and oxygen atoms in total. The monoisotopic (exact) mass is 326 g/mol. The number of hydrogen-bond donors (Lipinski definition) is 2. The topological polar surface area (TPSA) is 88.3 Å². The van der Waals surface area contributed by atoms with E-state index in [0.717, 1.165) is 0 Å². The molecule has 7 heteroatoms. The molecule has 1 aromatic rings. The highest BCUT2D eigenvalue weighted by Gasteiger charge is 2.26. The number of anilines is 1. The molecule has 2 rings (SSSR count). The van der Waals surface area contributed by atoms with Gasteiger partial charge in [-0.1, -0.05) is 19.3 Å². The molecule has 1 heterocycles. The van der Waals surface area contributed by atoms with Crippen molar-refractivity contribution in [3.63, 3.8) is 0 Å². The van der Waals surface area contributed by atoms with Gasteiger partial charge >= 0.3 is 0 Å². The molecular weight excluding hydrogens is 300 g/mol. The fourth-order valence-corrected chi connectivity index (χ4v) is 3.91. The second-order valence-electron chi connectivity index (χ2n) is 6.21. The Labute approximate surface area is 133 Å². The van der Waals surface area contributed by atoms with Crippen LogP contribution in [0.2, 0.25) is 0 Å². The predicted octanol–water partition coefficient (Wildman–Crippen LogP) is 1.65. The molecule has 1 aliphatic carbocycles. The second-order valence-corrected chi connectivity index (χ2v) is 7.73. The van der Waals surface area contributed by atoms with E-state index in [1.165, 1.54) is 38.2 Å². The summed E-state index contributed by atoms with van der Waals surface area (Å²) in [5.74, 6) is 0.977. The van der Waals surface area contributed by atoms with Gasteiger partial charge < -0.3 is 10.2 Å². The molecule has 0 bridgehead atoms. The number of primary sulfonamides is 1. The highest BCUT2D eigenvalue weighted by Crippen LogP contribution is 2.28. The molecule has 22 heavy (non-hydrogen) atoms. The van der Waals surface area contributed by atoms with Crippen molar-refractivity contribution >= 4 is 15.8 Å². The molecule has 0 aromatic carbocycles. The normalized spacial score (nSPS) is 18.4. The lowest BCUT2D eigenvalue weighted by molar-refractivity contribution is 0.179. The molecule has 1 aliphatic rings. The zero-order valence-electron chi connectivity index (χ0n) is 13.3. The van der Waals surface area contributed by atoms with Gasteiger partial charge in [0.25, 0.3) is 0 Å². The first-order valence-electron chi connectivity index (χ1n) is 7.77. The third-order valence-corrected chi connectivity index (χ3v) is 5.36. The first-order chi connectivity index (χ1) is 10.4. The molecule has 0 spiro atoms. The SMILES string of the molecule is CN(C)C(CNc1ncccc1S(N)(=O)=O)C1CCCCC1. The fraction of sp³-hybridized carbons (Fsp3) is 0.667. The van der Waals surface area contributed by atoms with Crippen molar-refractivity contribution in [1.82, 2.24) is 9.88 Å². The van der Waals surface area contributed by atoms with Crippen LogP contribution in [0.4, 0.5) is 5.82 Å². The molecule has 0 aliphatic heterocycles. The average Bonchev–Trinajstić information content (AvgIpc) is 2.47. The van der Waals surface area contributed by atoms with E-state index in [-0.39, 0.29) is 4.90 Å². The summed E-state index contributed by atoms with van der Waals surface area (Å²) in [7, 11) is 0.374. The third kappa shape index (κ3) is 4.41. The summed E-state index contributed by atoms with van der Waals surface area (Å²) in [5.41, 5.74) is 0. The van der Waals surface area contributed by atoms with Crippen molar-refractivity contribution in [3.8, 4) is 0 Å². The summed E-state index contributed by atoms with van der Waals surface area (Å²) >= 11 is 0. The Morgan fingerprint density at radius 2 is 2.05 bits per heavy atom. The summed E-state index contributed by atoms with van der Waals surface area (Å²) in [6.45, 7) is 0.664. The van der Waals surface area contributed by atoms with Gasteiger partial charge in [-0.2, -0.15) is 0 Å². The van der Waals surface area contributed by atoms with E-state index in [2.05, 4.69) is 29.3 Å². The van der Waals surface area contributed by atoms with Crippen LogP contribution in [0.5, 0.6) is 0 Å². The second kappa shape index (κ2) is 7.39. The van der Waals surface area contributed by atoms with Crippen LogP contribution in [0, 0.1) is 5.92 Å². The molecule has 124 valence electrons. The van der Waals surface area contributed by atoms with Gasteiger partial charge in [-0.15, -0.1) is 0 Å². The van der Waals surface area contributed by atoms with Gasteiger partial charge in [0.15, 0.2) is 0 Å². The number of hydrogen-bond acceptors (Lipinski definition) is 5. The molecule has 1 saturated carbocycles. The van der Waals surface area contributed by atoms with Crippen molar-refractivity contribution in [2.24, 2.45) is 11.1 Å². The number of pyridine rings is 1. The van der Waals surface area contributed by atoms with E-state index >= 15 is 0 Å². The molecular formula is C15H26N4O2S. The largest absolute Gasteiger partial charge is 0.367 e. The Kier molecular flexibility index (Phi) is 5.77. The van der Waals surface area contributed by atoms with E-state index in [1.807, 2.05) is 0 Å². The highest BCUT2D eigenvalue weighted by atomic mass is 32.2. The lowest BCUT2D eigenvalue weighted by atomic mass is 9.83. The van der Waals surface area contributed by atoms with Crippen LogP contribution in [0.15, 0.2) is 23.2 Å². The lowest BCUT2D eigenvalue weighted by Crippen LogP contribution is -2.41. The van der Waals surface area contributed by atoms with E-state index in [1.54, 1.807) is 12.3 Å². The van der Waals surface area contributed by atoms with Crippen molar-refractivity contribution in [2.45, 2.75) is 43.0 Å². The third-order valence-electron chi connectivity index (χ3n) is 4.41. The Morgan fingerprint density at radius 3 is 2.64 bits per heavy atom. The molecule has 0 saturated heterocycles. The van der Waals surface area contributed by atoms with Gasteiger partial charge in [0.2, 0.25) is 10.0 Å². The molecule has 0 amide bonds. The van der Waals surface area contributed by atoms with Crippen LogP contribution in [0.1, 0.15) is 32.1 Å². The minimum atomic E-state index is -3.77. The molecule has 1 fully saturated rings. The van der Waals surface area contributed by atoms with Crippen LogP contribution >= 0.6 is 0 Å². The Morgan fingerprint density at radius 1 is 1.36 bits per heavy atom. The molecule has 1 unspecified atom stereocenters. The Balaban J connectivity index is 2.10. The van der Waals surface area contributed by atoms with Gasteiger partial charge in [-0.25, -0.2) is 18.5 Å². The summed E-state index contributed by atoms with van der Waals surface area (Å²) in [6, 6.07) is 3.42. The van der Waals surface area contributed by atoms with Gasteiger partial charge in [-0.05, 0) is 45.0 Å². The number of sulfonamides is 1. The van der Waals surface area contributed by atoms with E-state index < -0.39 is 10.0 Å². The van der Waals surface area contributed by atoms with Gasteiger partial charge in [-0.3, -0.25) is 0 Å². The van der Waals surface area contributed by atoms with Crippen molar-refractivity contribution < 1.29 is 8.42 Å². The number of likely N-dealkylation sites (N-methyl/N-ethyl adjacent to an activating group) is 1. The zero-order chi connectivity index (χ0) is 16.2. The molecule has 1 atom stereocenters. The van der Waals surface area contributed by atoms with Crippen molar-refractivity contribution in [3.05, 3.63) is 18.3 Å². The summed E-state index contributed by atoms with van der Waals surface area (Å²) < 4.78 is 23.2. The maximum Gasteiger partial charge on any atom is 0.241 e. The number of aromatic nitrogens is 1. The molecule has 3 N–H and O–H groups in total. The Bertz CT molecular complexity index is 583. The van der Waals surface area contributed by atoms with E-state index in [4.69, 9.17) is 5.14 Å². The average molecular weight is 326 g/mol. The number of nitrogens with one attached hydrogen (secondary N) is 1. The number of nitrogens with zero attached hydrogens (tertiary/aromatic N) is 2. The van der Waals surface area contributed by atoms with Crippen LogP contribution in [-0.2, 0) is 10.0 Å². The summed E-state index contributed by atoms with van der Waals surface area (Å²) in [6.07, 6.45) is 7.91. The van der Waals surface area contributed by atoms with Crippen molar-refractivity contribution in [1.29, 1.82) is 0 Å². The highest BCUT2D eigenvalue weighted by molar-refractivity contribution is 7.89. The maximum atomic E-state index is 11.6. The maximum absolute atomic E-state index is 11.6. The van der Waals surface area contributed by atoms with E-state index in [9.17, 15) is 8.42 Å².